The summed E-state index contributed by atoms with van der Waals surface area (Å²) in [6.45, 7) is 2.43. The highest BCUT2D eigenvalue weighted by molar-refractivity contribution is 6.01. The van der Waals surface area contributed by atoms with Gasteiger partial charge < -0.3 is 18.6 Å². The van der Waals surface area contributed by atoms with E-state index >= 15 is 0 Å². The third kappa shape index (κ3) is 4.84. The van der Waals surface area contributed by atoms with Gasteiger partial charge >= 0.3 is 11.6 Å². The number of carbonyl (C=O) groups excluding carboxylic acids is 1. The van der Waals surface area contributed by atoms with Crippen LogP contribution in [0.15, 0.2) is 100 Å². The predicted octanol–water partition coefficient (Wildman–Crippen LogP) is 6.84. The van der Waals surface area contributed by atoms with Gasteiger partial charge in [-0.1, -0.05) is 60.7 Å². The minimum absolute atomic E-state index is 0.176. The minimum Gasteiger partial charge on any atom is -0.497 e. The summed E-state index contributed by atoms with van der Waals surface area (Å²) in [4.78, 5) is 25.6. The molecule has 5 aromatic rings. The SMILES string of the molecule is COc1ccc(CCOc2ccccc2[C@@H]2CC(=O)Oc3c2c(C)cc2oc(=O)cc(-c4ccccc4)c32)cc1. The van der Waals surface area contributed by atoms with E-state index in [9.17, 15) is 9.59 Å². The number of hydrogen-bond acceptors (Lipinski definition) is 6. The van der Waals surface area contributed by atoms with Gasteiger partial charge in [-0.25, -0.2) is 4.79 Å². The predicted molar refractivity (Wildman–Crippen MR) is 153 cm³/mol. The van der Waals surface area contributed by atoms with Crippen LogP contribution >= 0.6 is 0 Å². The van der Waals surface area contributed by atoms with Crippen molar-refractivity contribution in [3.63, 3.8) is 0 Å². The molecule has 1 aromatic heterocycles. The lowest BCUT2D eigenvalue weighted by Crippen LogP contribution is -2.23. The normalized spacial score (nSPS) is 14.4. The van der Waals surface area contributed by atoms with Gasteiger partial charge in [0, 0.05) is 35.1 Å². The molecule has 1 aliphatic rings. The molecule has 0 aliphatic carbocycles. The number of ether oxygens (including phenoxy) is 3. The van der Waals surface area contributed by atoms with E-state index in [1.165, 1.54) is 6.07 Å². The lowest BCUT2D eigenvalue weighted by molar-refractivity contribution is -0.135. The second kappa shape index (κ2) is 10.7. The average molecular weight is 533 g/mol. The van der Waals surface area contributed by atoms with Crippen LogP contribution in [0.3, 0.4) is 0 Å². The van der Waals surface area contributed by atoms with Crippen molar-refractivity contribution in [3.05, 3.63) is 124 Å². The van der Waals surface area contributed by atoms with Crippen molar-refractivity contribution in [2.45, 2.75) is 25.7 Å². The number of esters is 1. The first-order valence-corrected chi connectivity index (χ1v) is 13.2. The Balaban J connectivity index is 1.41. The van der Waals surface area contributed by atoms with Gasteiger partial charge in [-0.3, -0.25) is 4.79 Å². The van der Waals surface area contributed by atoms with Crippen LogP contribution in [0, 0.1) is 6.92 Å². The first-order valence-electron chi connectivity index (χ1n) is 13.2. The highest BCUT2D eigenvalue weighted by Crippen LogP contribution is 2.48. The fourth-order valence-electron chi connectivity index (χ4n) is 5.48. The molecule has 0 spiro atoms. The number of carbonyl (C=O) groups is 1. The molecule has 0 N–H and O–H groups in total. The summed E-state index contributed by atoms with van der Waals surface area (Å²) >= 11 is 0. The highest BCUT2D eigenvalue weighted by atomic mass is 16.5. The lowest BCUT2D eigenvalue weighted by atomic mass is 9.82. The maximum Gasteiger partial charge on any atom is 0.336 e. The Morgan fingerprint density at radius 2 is 1.65 bits per heavy atom. The topological polar surface area (TPSA) is 75.0 Å². The molecule has 6 rings (SSSR count). The Kier molecular flexibility index (Phi) is 6.83. The van der Waals surface area contributed by atoms with Crippen LogP contribution in [0.4, 0.5) is 0 Å². The van der Waals surface area contributed by atoms with E-state index in [4.69, 9.17) is 18.6 Å². The molecular weight excluding hydrogens is 504 g/mol. The molecule has 1 aliphatic heterocycles. The Labute approximate surface area is 231 Å². The van der Waals surface area contributed by atoms with Crippen LogP contribution in [-0.2, 0) is 11.2 Å². The van der Waals surface area contributed by atoms with Crippen molar-refractivity contribution in [1.29, 1.82) is 0 Å². The molecule has 0 unspecified atom stereocenters. The Bertz CT molecular complexity index is 1750. The number of aryl methyl sites for hydroxylation is 1. The molecule has 0 saturated carbocycles. The summed E-state index contributed by atoms with van der Waals surface area (Å²) in [5.41, 5.74) is 5.26. The molecule has 6 nitrogen and oxygen atoms in total. The Morgan fingerprint density at radius 1 is 0.900 bits per heavy atom. The van der Waals surface area contributed by atoms with Crippen LogP contribution in [0.1, 0.15) is 34.6 Å². The molecular formula is C34H28O6. The molecule has 0 amide bonds. The number of hydrogen-bond donors (Lipinski definition) is 0. The van der Waals surface area contributed by atoms with Gasteiger partial charge in [-0.15, -0.1) is 0 Å². The zero-order valence-electron chi connectivity index (χ0n) is 22.3. The van der Waals surface area contributed by atoms with Crippen molar-refractivity contribution >= 4 is 16.9 Å². The summed E-state index contributed by atoms with van der Waals surface area (Å²) < 4.78 is 23.1. The Morgan fingerprint density at radius 3 is 2.42 bits per heavy atom. The van der Waals surface area contributed by atoms with E-state index in [1.807, 2.05) is 91.9 Å². The zero-order chi connectivity index (χ0) is 27.6. The number of rotatable bonds is 7. The maximum absolute atomic E-state index is 13.1. The number of methoxy groups -OCH3 is 1. The largest absolute Gasteiger partial charge is 0.497 e. The molecule has 0 fully saturated rings. The van der Waals surface area contributed by atoms with Crippen LogP contribution in [0.5, 0.6) is 17.2 Å². The summed E-state index contributed by atoms with van der Waals surface area (Å²) in [6, 6.07) is 28.7. The number of fused-ring (bicyclic) bond motifs is 3. The first-order chi connectivity index (χ1) is 19.5. The van der Waals surface area contributed by atoms with Crippen molar-refractivity contribution in [1.82, 2.24) is 0 Å². The van der Waals surface area contributed by atoms with Crippen LogP contribution in [0.25, 0.3) is 22.1 Å². The molecule has 0 bridgehead atoms. The van der Waals surface area contributed by atoms with Crippen molar-refractivity contribution < 1.29 is 23.4 Å². The molecule has 2 heterocycles. The third-order valence-corrected chi connectivity index (χ3v) is 7.35. The minimum atomic E-state index is -0.458. The summed E-state index contributed by atoms with van der Waals surface area (Å²) in [5.74, 6) is 1.35. The fourth-order valence-corrected chi connectivity index (χ4v) is 5.48. The van der Waals surface area contributed by atoms with Crippen molar-refractivity contribution in [2.24, 2.45) is 0 Å². The van der Waals surface area contributed by atoms with E-state index in [2.05, 4.69) is 0 Å². The smallest absolute Gasteiger partial charge is 0.336 e. The molecule has 0 saturated heterocycles. The first kappa shape index (κ1) is 25.4. The van der Waals surface area contributed by atoms with Gasteiger partial charge in [0.15, 0.2) is 0 Å². The van der Waals surface area contributed by atoms with Crippen molar-refractivity contribution in [2.75, 3.05) is 13.7 Å². The standard InChI is InChI=1S/C34H28O6/c1-21-18-29-33(26(19-30(35)39-29)23-8-4-3-5-9-23)34-32(21)27(20-31(36)40-34)25-10-6-7-11-28(25)38-17-16-22-12-14-24(37-2)15-13-22/h3-15,18-19,27H,16-17,20H2,1-2H3/t27-/m0/s1. The summed E-state index contributed by atoms with van der Waals surface area (Å²) in [6.07, 6.45) is 0.903. The number of para-hydroxylation sites is 1. The van der Waals surface area contributed by atoms with Crippen LogP contribution in [0.2, 0.25) is 0 Å². The summed E-state index contributed by atoms with van der Waals surface area (Å²) in [7, 11) is 1.65. The Hall–Kier alpha value is -4.84. The van der Waals surface area contributed by atoms with E-state index in [-0.39, 0.29) is 18.3 Å². The quantitative estimate of drug-likeness (QED) is 0.130. The average Bonchev–Trinajstić information content (AvgIpc) is 2.97. The third-order valence-electron chi connectivity index (χ3n) is 7.35. The zero-order valence-corrected chi connectivity index (χ0v) is 22.3. The molecule has 0 radical (unpaired) electrons. The fraction of sp³-hybridized carbons (Fsp3) is 0.176. The van der Waals surface area contributed by atoms with Gasteiger partial charge in [0.2, 0.25) is 0 Å². The van der Waals surface area contributed by atoms with Crippen LogP contribution < -0.4 is 19.8 Å². The second-order valence-electron chi connectivity index (χ2n) is 9.87. The number of benzene rings is 4. The molecule has 40 heavy (non-hydrogen) atoms. The van der Waals surface area contributed by atoms with Crippen molar-refractivity contribution in [3.8, 4) is 28.4 Å². The van der Waals surface area contributed by atoms with Gasteiger partial charge in [-0.2, -0.15) is 0 Å². The van der Waals surface area contributed by atoms with E-state index in [1.54, 1.807) is 7.11 Å². The van der Waals surface area contributed by atoms with E-state index in [0.717, 1.165) is 45.7 Å². The monoisotopic (exact) mass is 532 g/mol. The van der Waals surface area contributed by atoms with Gasteiger partial charge in [-0.05, 0) is 47.9 Å². The van der Waals surface area contributed by atoms with E-state index in [0.29, 0.717) is 28.9 Å². The second-order valence-corrected chi connectivity index (χ2v) is 9.87. The molecule has 200 valence electrons. The van der Waals surface area contributed by atoms with E-state index < -0.39 is 5.63 Å². The molecule has 1 atom stereocenters. The molecule has 6 heteroatoms. The van der Waals surface area contributed by atoms with Gasteiger partial charge in [0.05, 0.1) is 25.5 Å². The highest BCUT2D eigenvalue weighted by Gasteiger charge is 2.34. The maximum atomic E-state index is 13.1. The lowest BCUT2D eigenvalue weighted by Gasteiger charge is -2.29. The van der Waals surface area contributed by atoms with Gasteiger partial charge in [0.1, 0.15) is 22.8 Å². The van der Waals surface area contributed by atoms with Gasteiger partial charge in [0.25, 0.3) is 0 Å². The summed E-state index contributed by atoms with van der Waals surface area (Å²) in [5, 5.41) is 0.613. The van der Waals surface area contributed by atoms with Crippen LogP contribution in [-0.4, -0.2) is 19.7 Å². The molecule has 4 aromatic carbocycles.